The molecule has 1 aromatic carbocycles. The first-order valence-electron chi connectivity index (χ1n) is 14.6. The molecule has 0 unspecified atom stereocenters. The lowest BCUT2D eigenvalue weighted by Crippen LogP contribution is -2.40. The Hall–Kier alpha value is -4.60. The number of amides is 1. The Kier molecular flexibility index (Phi) is 9.52. The highest BCUT2D eigenvalue weighted by molar-refractivity contribution is 5.80. The van der Waals surface area contributed by atoms with Gasteiger partial charge in [0.05, 0.1) is 57.3 Å². The zero-order valence-corrected chi connectivity index (χ0v) is 25.7. The van der Waals surface area contributed by atoms with Crippen LogP contribution in [0.25, 0.3) is 11.0 Å². The van der Waals surface area contributed by atoms with Gasteiger partial charge in [-0.1, -0.05) is 12.1 Å². The average molecular weight is 667 g/mol. The van der Waals surface area contributed by atoms with Crippen molar-refractivity contribution in [3.05, 3.63) is 81.5 Å². The summed E-state index contributed by atoms with van der Waals surface area (Å²) in [6.45, 7) is 2.27. The van der Waals surface area contributed by atoms with Crippen LogP contribution in [0.2, 0.25) is 0 Å². The lowest BCUT2D eigenvalue weighted by Gasteiger charge is -2.30. The van der Waals surface area contributed by atoms with Gasteiger partial charge in [0.15, 0.2) is 0 Å². The number of rotatable bonds is 10. The van der Waals surface area contributed by atoms with E-state index < -0.39 is 40.8 Å². The van der Waals surface area contributed by atoms with E-state index in [2.05, 4.69) is 10.1 Å². The normalized spacial score (nSPS) is 14.3. The monoisotopic (exact) mass is 666 g/mol. The first-order chi connectivity index (χ1) is 22.2. The first kappa shape index (κ1) is 33.8. The molecule has 16 heteroatoms. The lowest BCUT2D eigenvalue weighted by atomic mass is 10.2. The number of benzene rings is 1. The standard InChI is InChI=1S/C31H32F6N6O4/c1-19(40(2)25-15-39-43(29(45)27(25)31(35,36)37)16-20-4-6-24(46-3)7-5-20)18-47-11-8-26(44)41-9-10-42-23(17-41)13-21-12-22(30(32,33)34)14-38-28(21)42/h4-7,12-15,19H,8-11,16-18H2,1-3H3/t19-/m0/s1. The number of carbonyl (C=O) groups excluding carboxylic acids is 1. The topological polar surface area (TPSA) is 94.7 Å². The maximum Gasteiger partial charge on any atom is 0.423 e. The minimum Gasteiger partial charge on any atom is -0.497 e. The molecule has 0 N–H and O–H groups in total. The zero-order valence-electron chi connectivity index (χ0n) is 25.7. The van der Waals surface area contributed by atoms with Crippen molar-refractivity contribution in [2.75, 3.05) is 38.8 Å². The van der Waals surface area contributed by atoms with Crippen molar-refractivity contribution in [2.45, 2.75) is 51.4 Å². The van der Waals surface area contributed by atoms with Crippen molar-refractivity contribution >= 4 is 22.6 Å². The van der Waals surface area contributed by atoms with Gasteiger partial charge in [0.25, 0.3) is 5.56 Å². The van der Waals surface area contributed by atoms with Gasteiger partial charge in [0.1, 0.15) is 17.0 Å². The fourth-order valence-corrected chi connectivity index (χ4v) is 5.39. The third-order valence-electron chi connectivity index (χ3n) is 8.11. The summed E-state index contributed by atoms with van der Waals surface area (Å²) in [5, 5.41) is 4.33. The molecule has 3 aromatic heterocycles. The summed E-state index contributed by atoms with van der Waals surface area (Å²) in [5.74, 6) is 0.320. The number of methoxy groups -OCH3 is 1. The third kappa shape index (κ3) is 7.37. The highest BCUT2D eigenvalue weighted by atomic mass is 19.4. The SMILES string of the molecule is COc1ccc(Cn2ncc(N(C)[C@@H](C)COCCC(=O)N3CCn4c(cc5cc(C(F)(F)F)cnc54)C3)c(C(F)(F)F)c2=O)cc1. The van der Waals surface area contributed by atoms with Gasteiger partial charge in [-0.05, 0) is 36.8 Å². The predicted octanol–water partition coefficient (Wildman–Crippen LogP) is 4.96. The largest absolute Gasteiger partial charge is 0.497 e. The van der Waals surface area contributed by atoms with Crippen molar-refractivity contribution in [3.63, 3.8) is 0 Å². The number of ether oxygens (including phenoxy) is 2. The Bertz CT molecular complexity index is 1800. The first-order valence-corrected chi connectivity index (χ1v) is 14.6. The van der Waals surface area contributed by atoms with Gasteiger partial charge in [-0.25, -0.2) is 9.67 Å². The number of hydrogen-bond donors (Lipinski definition) is 0. The maximum absolute atomic E-state index is 14.1. The van der Waals surface area contributed by atoms with Crippen LogP contribution in [-0.2, 0) is 41.5 Å². The predicted molar refractivity (Wildman–Crippen MR) is 159 cm³/mol. The Morgan fingerprint density at radius 2 is 1.77 bits per heavy atom. The number of hydrogen-bond acceptors (Lipinski definition) is 7. The minimum atomic E-state index is -4.95. The van der Waals surface area contributed by atoms with Crippen LogP contribution in [-0.4, -0.2) is 70.1 Å². The van der Waals surface area contributed by atoms with E-state index in [9.17, 15) is 35.9 Å². The second-order valence-electron chi connectivity index (χ2n) is 11.2. The summed E-state index contributed by atoms with van der Waals surface area (Å²) in [6, 6.07) is 8.52. The van der Waals surface area contributed by atoms with Crippen molar-refractivity contribution in [1.29, 1.82) is 0 Å². The van der Waals surface area contributed by atoms with E-state index in [1.54, 1.807) is 46.7 Å². The van der Waals surface area contributed by atoms with Crippen LogP contribution in [0.1, 0.15) is 35.7 Å². The molecule has 0 fully saturated rings. The number of pyridine rings is 1. The van der Waals surface area contributed by atoms with Crippen molar-refractivity contribution in [2.24, 2.45) is 0 Å². The molecule has 0 spiro atoms. The van der Waals surface area contributed by atoms with Crippen LogP contribution in [0.3, 0.4) is 0 Å². The van der Waals surface area contributed by atoms with E-state index in [0.717, 1.165) is 23.1 Å². The van der Waals surface area contributed by atoms with Crippen LogP contribution in [0.15, 0.2) is 53.6 Å². The van der Waals surface area contributed by atoms with E-state index in [4.69, 9.17) is 9.47 Å². The van der Waals surface area contributed by atoms with Gasteiger partial charge >= 0.3 is 12.4 Å². The van der Waals surface area contributed by atoms with Crippen LogP contribution in [0.5, 0.6) is 5.75 Å². The Morgan fingerprint density at radius 1 is 1.04 bits per heavy atom. The van der Waals surface area contributed by atoms with E-state index in [1.807, 2.05) is 0 Å². The van der Waals surface area contributed by atoms with E-state index in [-0.39, 0.29) is 38.6 Å². The number of alkyl halides is 6. The number of likely N-dealkylation sites (N-methyl/N-ethyl adjacent to an activating group) is 1. The van der Waals surface area contributed by atoms with Crippen molar-refractivity contribution < 1.29 is 40.6 Å². The van der Waals surface area contributed by atoms with Crippen molar-refractivity contribution in [3.8, 4) is 5.75 Å². The van der Waals surface area contributed by atoms with Gasteiger partial charge in [-0.15, -0.1) is 0 Å². The molecule has 4 heterocycles. The molecular weight excluding hydrogens is 634 g/mol. The summed E-state index contributed by atoms with van der Waals surface area (Å²) in [5.41, 5.74) is -2.25. The fourth-order valence-electron chi connectivity index (χ4n) is 5.39. The average Bonchev–Trinajstić information content (AvgIpc) is 3.40. The molecule has 1 aliphatic rings. The summed E-state index contributed by atoms with van der Waals surface area (Å²) in [4.78, 5) is 32.7. The second kappa shape index (κ2) is 13.3. The minimum absolute atomic E-state index is 0.0100. The molecule has 10 nitrogen and oxygen atoms in total. The number of carbonyl (C=O) groups is 1. The number of aromatic nitrogens is 4. The lowest BCUT2D eigenvalue weighted by molar-refractivity contribution is -0.139. The van der Waals surface area contributed by atoms with Gasteiger partial charge in [0, 0.05) is 43.5 Å². The highest BCUT2D eigenvalue weighted by Gasteiger charge is 2.40. The molecule has 0 aliphatic carbocycles. The summed E-state index contributed by atoms with van der Waals surface area (Å²) in [6.07, 6.45) is -7.68. The van der Waals surface area contributed by atoms with Crippen LogP contribution in [0.4, 0.5) is 32.0 Å². The number of fused-ring (bicyclic) bond motifs is 3. The molecule has 4 aromatic rings. The molecule has 1 atom stereocenters. The molecule has 1 aliphatic heterocycles. The smallest absolute Gasteiger partial charge is 0.423 e. The maximum atomic E-state index is 14.1. The third-order valence-corrected chi connectivity index (χ3v) is 8.11. The molecular formula is C31H32F6N6O4. The van der Waals surface area contributed by atoms with E-state index in [1.165, 1.54) is 19.1 Å². The quantitative estimate of drug-likeness (QED) is 0.175. The van der Waals surface area contributed by atoms with Gasteiger partial charge in [-0.3, -0.25) is 9.59 Å². The fraction of sp³-hybridized carbons (Fsp3) is 0.419. The van der Waals surface area contributed by atoms with Gasteiger partial charge < -0.3 is 23.8 Å². The van der Waals surface area contributed by atoms with Gasteiger partial charge in [0.2, 0.25) is 5.91 Å². The van der Waals surface area contributed by atoms with E-state index in [0.29, 0.717) is 41.1 Å². The Labute approximate surface area is 265 Å². The summed E-state index contributed by atoms with van der Waals surface area (Å²) >= 11 is 0. The number of nitrogens with zero attached hydrogens (tertiary/aromatic N) is 6. The number of anilines is 1. The molecule has 5 rings (SSSR count). The molecule has 47 heavy (non-hydrogen) atoms. The molecule has 1 amide bonds. The second-order valence-corrected chi connectivity index (χ2v) is 11.2. The molecule has 0 saturated heterocycles. The molecule has 0 bridgehead atoms. The van der Waals surface area contributed by atoms with Gasteiger partial charge in [-0.2, -0.15) is 31.4 Å². The molecule has 252 valence electrons. The highest BCUT2D eigenvalue weighted by Crippen LogP contribution is 2.34. The van der Waals surface area contributed by atoms with Crippen LogP contribution in [0, 0.1) is 0 Å². The zero-order chi connectivity index (χ0) is 34.1. The number of halogens is 6. The van der Waals surface area contributed by atoms with E-state index >= 15 is 0 Å². The molecule has 0 radical (unpaired) electrons. The Morgan fingerprint density at radius 3 is 2.43 bits per heavy atom. The van der Waals surface area contributed by atoms with Crippen LogP contribution < -0.4 is 15.2 Å². The Balaban J connectivity index is 1.17. The van der Waals surface area contributed by atoms with Crippen LogP contribution >= 0.6 is 0 Å². The van der Waals surface area contributed by atoms with Crippen molar-refractivity contribution in [1.82, 2.24) is 24.2 Å². The molecule has 0 saturated carbocycles. The summed E-state index contributed by atoms with van der Waals surface area (Å²) in [7, 11) is 2.88. The summed E-state index contributed by atoms with van der Waals surface area (Å²) < 4.78 is 94.9.